The van der Waals surface area contributed by atoms with E-state index in [1.807, 2.05) is 0 Å². The minimum atomic E-state index is -0.742. The predicted molar refractivity (Wildman–Crippen MR) is 40.7 cm³/mol. The third-order valence-electron chi connectivity index (χ3n) is 2.01. The van der Waals surface area contributed by atoms with E-state index in [9.17, 15) is 4.79 Å². The van der Waals surface area contributed by atoms with E-state index in [0.717, 1.165) is 0 Å². The Labute approximate surface area is 65.3 Å². The molecule has 1 heterocycles. The molecule has 4 heteroatoms. The normalized spacial score (nSPS) is 23.7. The highest BCUT2D eigenvalue weighted by Gasteiger charge is 2.27. The zero-order valence-corrected chi connectivity index (χ0v) is 6.50. The van der Waals surface area contributed by atoms with Crippen molar-refractivity contribution in [1.29, 1.82) is 5.41 Å². The summed E-state index contributed by atoms with van der Waals surface area (Å²) in [6.07, 6.45) is 0.672. The van der Waals surface area contributed by atoms with Crippen LogP contribution in [0.5, 0.6) is 0 Å². The predicted octanol–water partition coefficient (Wildman–Crippen LogP) is 0.390. The molecule has 0 amide bonds. The van der Waals surface area contributed by atoms with E-state index < -0.39 is 5.97 Å². The van der Waals surface area contributed by atoms with E-state index in [1.165, 1.54) is 0 Å². The van der Waals surface area contributed by atoms with Crippen molar-refractivity contribution in [3.8, 4) is 0 Å². The molecule has 62 valence electrons. The number of nitrogens with zero attached hydrogens (tertiary/aromatic N) is 1. The molecule has 1 aliphatic rings. The van der Waals surface area contributed by atoms with Crippen molar-refractivity contribution in [2.45, 2.75) is 13.3 Å². The fraction of sp³-hybridized carbons (Fsp3) is 0.714. The summed E-state index contributed by atoms with van der Waals surface area (Å²) in [5.74, 6) is -0.544. The highest BCUT2D eigenvalue weighted by Crippen LogP contribution is 2.15. The van der Waals surface area contributed by atoms with Crippen LogP contribution in [0.1, 0.15) is 13.3 Å². The minimum Gasteiger partial charge on any atom is -0.481 e. The third-order valence-corrected chi connectivity index (χ3v) is 2.01. The van der Waals surface area contributed by atoms with Crippen molar-refractivity contribution in [3.63, 3.8) is 0 Å². The van der Waals surface area contributed by atoms with E-state index in [2.05, 4.69) is 0 Å². The lowest BCUT2D eigenvalue weighted by Gasteiger charge is -2.14. The van der Waals surface area contributed by atoms with Crippen LogP contribution >= 0.6 is 0 Å². The van der Waals surface area contributed by atoms with E-state index >= 15 is 0 Å². The molecule has 4 nitrogen and oxygen atoms in total. The maximum Gasteiger partial charge on any atom is 0.308 e. The molecule has 2 N–H and O–H groups in total. The molecular formula is C7H12N2O2. The average Bonchev–Trinajstić information content (AvgIpc) is 2.33. The minimum absolute atomic E-state index is 0.268. The van der Waals surface area contributed by atoms with Gasteiger partial charge in [0.1, 0.15) is 0 Å². The highest BCUT2D eigenvalue weighted by atomic mass is 16.4. The summed E-state index contributed by atoms with van der Waals surface area (Å²) in [5, 5.41) is 15.9. The smallest absolute Gasteiger partial charge is 0.308 e. The quantitative estimate of drug-likeness (QED) is 0.426. The van der Waals surface area contributed by atoms with Crippen molar-refractivity contribution < 1.29 is 9.90 Å². The Morgan fingerprint density at radius 3 is 2.64 bits per heavy atom. The van der Waals surface area contributed by atoms with Crippen LogP contribution in [-0.2, 0) is 4.79 Å². The second kappa shape index (κ2) is 2.90. The molecule has 1 atom stereocenters. The lowest BCUT2D eigenvalue weighted by Crippen LogP contribution is -2.26. The van der Waals surface area contributed by atoms with Crippen LogP contribution in [0.3, 0.4) is 0 Å². The molecule has 1 aliphatic heterocycles. The van der Waals surface area contributed by atoms with Crippen LogP contribution in [0, 0.1) is 11.3 Å². The molecule has 0 spiro atoms. The summed E-state index contributed by atoms with van der Waals surface area (Å²) in [4.78, 5) is 12.3. The van der Waals surface area contributed by atoms with Crippen molar-refractivity contribution in [2.75, 3.05) is 13.1 Å². The fourth-order valence-corrected chi connectivity index (χ4v) is 1.27. The van der Waals surface area contributed by atoms with Crippen LogP contribution in [-0.4, -0.2) is 34.9 Å². The van der Waals surface area contributed by atoms with Gasteiger partial charge in [0.25, 0.3) is 0 Å². The Morgan fingerprint density at radius 2 is 2.36 bits per heavy atom. The number of nitrogens with one attached hydrogen (secondary N) is 1. The van der Waals surface area contributed by atoms with Crippen molar-refractivity contribution in [1.82, 2.24) is 4.90 Å². The lowest BCUT2D eigenvalue weighted by atomic mass is 10.1. The first-order chi connectivity index (χ1) is 5.11. The van der Waals surface area contributed by atoms with Crippen LogP contribution < -0.4 is 0 Å². The van der Waals surface area contributed by atoms with E-state index in [0.29, 0.717) is 25.3 Å². The highest BCUT2D eigenvalue weighted by molar-refractivity contribution is 5.78. The number of amidine groups is 1. The Morgan fingerprint density at radius 1 is 1.73 bits per heavy atom. The van der Waals surface area contributed by atoms with Gasteiger partial charge in [-0.2, -0.15) is 0 Å². The van der Waals surface area contributed by atoms with Gasteiger partial charge in [-0.15, -0.1) is 0 Å². The van der Waals surface area contributed by atoms with Gasteiger partial charge in [0.05, 0.1) is 11.8 Å². The van der Waals surface area contributed by atoms with Crippen LogP contribution in [0.25, 0.3) is 0 Å². The molecule has 1 fully saturated rings. The molecule has 1 unspecified atom stereocenters. The summed E-state index contributed by atoms with van der Waals surface area (Å²) in [6.45, 7) is 2.90. The number of carboxylic acids is 1. The van der Waals surface area contributed by atoms with E-state index in [4.69, 9.17) is 10.5 Å². The zero-order chi connectivity index (χ0) is 8.43. The molecule has 11 heavy (non-hydrogen) atoms. The van der Waals surface area contributed by atoms with Gasteiger partial charge in [0.15, 0.2) is 0 Å². The fourth-order valence-electron chi connectivity index (χ4n) is 1.27. The lowest BCUT2D eigenvalue weighted by molar-refractivity contribution is -0.141. The molecule has 0 bridgehead atoms. The SMILES string of the molecule is CC(=N)N1CCC(C(=O)O)C1. The molecule has 1 rings (SSSR count). The van der Waals surface area contributed by atoms with Crippen molar-refractivity contribution in [2.24, 2.45) is 5.92 Å². The summed E-state index contributed by atoms with van der Waals surface area (Å²) in [6, 6.07) is 0. The summed E-state index contributed by atoms with van der Waals surface area (Å²) >= 11 is 0. The van der Waals surface area contributed by atoms with Gasteiger partial charge in [-0.25, -0.2) is 0 Å². The number of carbonyl (C=O) groups is 1. The molecular weight excluding hydrogens is 144 g/mol. The Kier molecular flexibility index (Phi) is 2.12. The zero-order valence-electron chi connectivity index (χ0n) is 6.50. The van der Waals surface area contributed by atoms with Gasteiger partial charge in [0.2, 0.25) is 0 Å². The molecule has 1 saturated heterocycles. The Balaban J connectivity index is 2.47. The number of carboxylic acid groups (broad SMARTS) is 1. The van der Waals surface area contributed by atoms with Gasteiger partial charge in [-0.1, -0.05) is 0 Å². The van der Waals surface area contributed by atoms with Gasteiger partial charge >= 0.3 is 5.97 Å². The number of rotatable bonds is 1. The van der Waals surface area contributed by atoms with Gasteiger partial charge in [-0.3, -0.25) is 10.2 Å². The maximum absolute atomic E-state index is 10.5. The monoisotopic (exact) mass is 156 g/mol. The van der Waals surface area contributed by atoms with Crippen molar-refractivity contribution in [3.05, 3.63) is 0 Å². The molecule has 0 aromatic carbocycles. The number of hydrogen-bond acceptors (Lipinski definition) is 2. The Hall–Kier alpha value is -1.06. The van der Waals surface area contributed by atoms with Gasteiger partial charge < -0.3 is 10.0 Å². The standard InChI is InChI=1S/C7H12N2O2/c1-5(8)9-3-2-6(4-9)7(10)11/h6,8H,2-4H2,1H3,(H,10,11). The second-order valence-corrected chi connectivity index (χ2v) is 2.86. The van der Waals surface area contributed by atoms with Crippen LogP contribution in [0.2, 0.25) is 0 Å². The van der Waals surface area contributed by atoms with E-state index in [-0.39, 0.29) is 5.92 Å². The topological polar surface area (TPSA) is 64.4 Å². The number of likely N-dealkylation sites (tertiary alicyclic amines) is 1. The first-order valence-corrected chi connectivity index (χ1v) is 3.64. The molecule has 0 aromatic rings. The Bertz CT molecular complexity index is 171. The summed E-state index contributed by atoms with van der Waals surface area (Å²) in [5.41, 5.74) is 0. The van der Waals surface area contributed by atoms with E-state index in [1.54, 1.807) is 11.8 Å². The molecule has 0 saturated carbocycles. The average molecular weight is 156 g/mol. The van der Waals surface area contributed by atoms with Crippen LogP contribution in [0.4, 0.5) is 0 Å². The first kappa shape index (κ1) is 8.04. The van der Waals surface area contributed by atoms with Gasteiger partial charge in [-0.05, 0) is 13.3 Å². The van der Waals surface area contributed by atoms with Crippen LogP contribution in [0.15, 0.2) is 0 Å². The summed E-state index contributed by atoms with van der Waals surface area (Å²) in [7, 11) is 0. The van der Waals surface area contributed by atoms with Gasteiger partial charge in [0, 0.05) is 13.1 Å². The summed E-state index contributed by atoms with van der Waals surface area (Å²) < 4.78 is 0. The second-order valence-electron chi connectivity index (χ2n) is 2.86. The maximum atomic E-state index is 10.5. The molecule has 0 radical (unpaired) electrons. The molecule has 0 aliphatic carbocycles. The van der Waals surface area contributed by atoms with Crippen molar-refractivity contribution >= 4 is 11.8 Å². The first-order valence-electron chi connectivity index (χ1n) is 3.64. The molecule has 0 aromatic heterocycles. The third kappa shape index (κ3) is 1.69. The number of aliphatic carboxylic acids is 1. The number of hydrogen-bond donors (Lipinski definition) is 2. The largest absolute Gasteiger partial charge is 0.481 e.